The Morgan fingerprint density at radius 2 is 2.22 bits per heavy atom. The number of aromatic nitrogens is 4. The molecule has 146 valence electrons. The van der Waals surface area contributed by atoms with Crippen LogP contribution in [-0.4, -0.2) is 38.8 Å². The summed E-state index contributed by atoms with van der Waals surface area (Å²) in [5.74, 6) is 2.37. The Morgan fingerprint density at radius 3 is 2.96 bits per heavy atom. The number of oxazole rings is 1. The van der Waals surface area contributed by atoms with Crippen LogP contribution >= 0.6 is 35.3 Å². The SMILES string of the molecule is CCNC(=NCc1coc(-c2cccs2)n1)NCCn1cnnc1CC.I. The zero-order valence-corrected chi connectivity index (χ0v) is 18.5. The van der Waals surface area contributed by atoms with E-state index >= 15 is 0 Å². The number of thiophene rings is 1. The van der Waals surface area contributed by atoms with Gasteiger partial charge in [0.15, 0.2) is 5.96 Å². The fraction of sp³-hybridized carbons (Fsp3) is 0.412. The first kappa shape index (κ1) is 21.4. The monoisotopic (exact) mass is 501 g/mol. The van der Waals surface area contributed by atoms with E-state index in [1.807, 2.05) is 29.0 Å². The number of guanidine groups is 1. The molecule has 0 aliphatic carbocycles. The maximum Gasteiger partial charge on any atom is 0.236 e. The third-order valence-corrected chi connectivity index (χ3v) is 4.54. The Bertz CT molecular complexity index is 828. The molecule has 0 aliphatic rings. The molecule has 0 spiro atoms. The molecule has 0 fully saturated rings. The van der Waals surface area contributed by atoms with Gasteiger partial charge in [-0.25, -0.2) is 9.98 Å². The number of aliphatic imine (C=N–C) groups is 1. The molecule has 10 heteroatoms. The molecule has 3 aromatic heterocycles. The second kappa shape index (κ2) is 11.0. The summed E-state index contributed by atoms with van der Waals surface area (Å²) in [6.45, 7) is 6.87. The Balaban J connectivity index is 0.00000261. The second-order valence-electron chi connectivity index (χ2n) is 5.54. The maximum atomic E-state index is 5.53. The smallest absolute Gasteiger partial charge is 0.236 e. The Morgan fingerprint density at radius 1 is 1.33 bits per heavy atom. The molecule has 3 rings (SSSR count). The van der Waals surface area contributed by atoms with Crippen molar-refractivity contribution in [3.05, 3.63) is 41.6 Å². The lowest BCUT2D eigenvalue weighted by molar-refractivity contribution is 0.574. The van der Waals surface area contributed by atoms with Crippen molar-refractivity contribution in [3.8, 4) is 10.8 Å². The molecule has 0 amide bonds. The van der Waals surface area contributed by atoms with Crippen molar-refractivity contribution in [2.24, 2.45) is 4.99 Å². The summed E-state index contributed by atoms with van der Waals surface area (Å²) in [6, 6.07) is 3.97. The van der Waals surface area contributed by atoms with Gasteiger partial charge in [-0.05, 0) is 18.4 Å². The molecule has 0 atom stereocenters. The first-order valence-electron chi connectivity index (χ1n) is 8.67. The zero-order chi connectivity index (χ0) is 18.2. The Labute approximate surface area is 179 Å². The standard InChI is InChI=1S/C17H23N7OS.HI/c1-3-15-23-21-12-24(15)8-7-19-17(18-4-2)20-10-13-11-25-16(22-13)14-6-5-9-26-14;/h5-6,9,11-12H,3-4,7-8,10H2,1-2H3,(H2,18,19,20);1H. The molecule has 27 heavy (non-hydrogen) atoms. The van der Waals surface area contributed by atoms with Crippen LogP contribution in [0.1, 0.15) is 25.4 Å². The molecule has 2 N–H and O–H groups in total. The predicted octanol–water partition coefficient (Wildman–Crippen LogP) is 2.93. The number of nitrogens with one attached hydrogen (secondary N) is 2. The number of hydrogen-bond acceptors (Lipinski definition) is 6. The van der Waals surface area contributed by atoms with Crippen molar-refractivity contribution < 1.29 is 4.42 Å². The van der Waals surface area contributed by atoms with Crippen LogP contribution in [0.2, 0.25) is 0 Å². The molecule has 0 aromatic carbocycles. The summed E-state index contributed by atoms with van der Waals surface area (Å²) in [4.78, 5) is 10.1. The van der Waals surface area contributed by atoms with E-state index in [1.165, 1.54) is 0 Å². The van der Waals surface area contributed by atoms with Crippen LogP contribution in [0, 0.1) is 0 Å². The first-order chi connectivity index (χ1) is 12.8. The summed E-state index contributed by atoms with van der Waals surface area (Å²) < 4.78 is 7.57. The van der Waals surface area contributed by atoms with Crippen LogP contribution in [0.5, 0.6) is 0 Å². The van der Waals surface area contributed by atoms with Crippen LogP contribution in [0.4, 0.5) is 0 Å². The number of nitrogens with zero attached hydrogens (tertiary/aromatic N) is 5. The molecular formula is C17H24IN7OS. The van der Waals surface area contributed by atoms with E-state index in [-0.39, 0.29) is 24.0 Å². The Kier molecular flexibility index (Phi) is 8.72. The minimum Gasteiger partial charge on any atom is -0.443 e. The molecule has 0 bridgehead atoms. The maximum absolute atomic E-state index is 5.53. The predicted molar refractivity (Wildman–Crippen MR) is 117 cm³/mol. The lowest BCUT2D eigenvalue weighted by Gasteiger charge is -2.11. The highest BCUT2D eigenvalue weighted by atomic mass is 127. The van der Waals surface area contributed by atoms with Crippen LogP contribution in [0.3, 0.4) is 0 Å². The summed E-state index contributed by atoms with van der Waals surface area (Å²) in [7, 11) is 0. The van der Waals surface area contributed by atoms with Crippen molar-refractivity contribution >= 4 is 41.3 Å². The molecular weight excluding hydrogens is 477 g/mol. The minimum absolute atomic E-state index is 0. The summed E-state index contributed by atoms with van der Waals surface area (Å²) in [5, 5.41) is 16.6. The van der Waals surface area contributed by atoms with Crippen LogP contribution in [-0.2, 0) is 19.5 Å². The van der Waals surface area contributed by atoms with E-state index in [4.69, 9.17) is 4.42 Å². The second-order valence-corrected chi connectivity index (χ2v) is 6.49. The van der Waals surface area contributed by atoms with Crippen LogP contribution in [0.15, 0.2) is 39.5 Å². The molecule has 3 heterocycles. The summed E-state index contributed by atoms with van der Waals surface area (Å²) in [5.41, 5.74) is 0.803. The van der Waals surface area contributed by atoms with Crippen molar-refractivity contribution in [1.82, 2.24) is 30.4 Å². The fourth-order valence-corrected chi connectivity index (χ4v) is 3.08. The summed E-state index contributed by atoms with van der Waals surface area (Å²) >= 11 is 1.61. The van der Waals surface area contributed by atoms with E-state index in [0.717, 1.165) is 48.4 Å². The minimum atomic E-state index is 0. The highest BCUT2D eigenvalue weighted by Crippen LogP contribution is 2.23. The van der Waals surface area contributed by atoms with Crippen molar-refractivity contribution in [3.63, 3.8) is 0 Å². The molecule has 0 saturated heterocycles. The molecule has 0 saturated carbocycles. The number of hydrogen-bond donors (Lipinski definition) is 2. The van der Waals surface area contributed by atoms with Gasteiger partial charge in [-0.3, -0.25) is 0 Å². The highest BCUT2D eigenvalue weighted by molar-refractivity contribution is 14.0. The molecule has 8 nitrogen and oxygen atoms in total. The summed E-state index contributed by atoms with van der Waals surface area (Å²) in [6.07, 6.45) is 4.28. The van der Waals surface area contributed by atoms with Gasteiger partial charge in [0.05, 0.1) is 11.4 Å². The molecule has 0 unspecified atom stereocenters. The topological polar surface area (TPSA) is 93.2 Å². The number of aryl methyl sites for hydroxylation is 1. The first-order valence-corrected chi connectivity index (χ1v) is 9.55. The van der Waals surface area contributed by atoms with E-state index < -0.39 is 0 Å². The molecule has 0 aliphatic heterocycles. The van der Waals surface area contributed by atoms with Crippen LogP contribution < -0.4 is 10.6 Å². The van der Waals surface area contributed by atoms with E-state index in [9.17, 15) is 0 Å². The van der Waals surface area contributed by atoms with Gasteiger partial charge in [0, 0.05) is 26.1 Å². The van der Waals surface area contributed by atoms with Gasteiger partial charge in [-0.2, -0.15) is 0 Å². The lowest BCUT2D eigenvalue weighted by atomic mass is 10.4. The molecule has 3 aromatic rings. The van der Waals surface area contributed by atoms with Gasteiger partial charge in [0.25, 0.3) is 0 Å². The van der Waals surface area contributed by atoms with Crippen LogP contribution in [0.25, 0.3) is 10.8 Å². The van der Waals surface area contributed by atoms with Crippen molar-refractivity contribution in [1.29, 1.82) is 0 Å². The van der Waals surface area contributed by atoms with Gasteiger partial charge >= 0.3 is 0 Å². The van der Waals surface area contributed by atoms with Gasteiger partial charge in [-0.1, -0.05) is 13.0 Å². The molecule has 0 radical (unpaired) electrons. The largest absolute Gasteiger partial charge is 0.443 e. The third kappa shape index (κ3) is 6.03. The van der Waals surface area contributed by atoms with Gasteiger partial charge < -0.3 is 19.6 Å². The quantitative estimate of drug-likeness (QED) is 0.280. The number of halogens is 1. The third-order valence-electron chi connectivity index (χ3n) is 3.68. The highest BCUT2D eigenvalue weighted by Gasteiger charge is 2.07. The van der Waals surface area contributed by atoms with Gasteiger partial charge in [-0.15, -0.1) is 45.5 Å². The van der Waals surface area contributed by atoms with E-state index in [0.29, 0.717) is 12.4 Å². The average molecular weight is 501 g/mol. The normalized spacial score (nSPS) is 11.3. The Hall–Kier alpha value is -1.95. The average Bonchev–Trinajstić information content (AvgIpc) is 3.40. The van der Waals surface area contributed by atoms with Crippen molar-refractivity contribution in [2.45, 2.75) is 33.4 Å². The van der Waals surface area contributed by atoms with Crippen molar-refractivity contribution in [2.75, 3.05) is 13.1 Å². The fourth-order valence-electron chi connectivity index (χ4n) is 2.43. The van der Waals surface area contributed by atoms with Gasteiger partial charge in [0.1, 0.15) is 24.1 Å². The van der Waals surface area contributed by atoms with Gasteiger partial charge in [0.2, 0.25) is 5.89 Å². The lowest BCUT2D eigenvalue weighted by Crippen LogP contribution is -2.38. The van der Waals surface area contributed by atoms with E-state index in [1.54, 1.807) is 23.9 Å². The zero-order valence-electron chi connectivity index (χ0n) is 15.4. The number of rotatable bonds is 8. The van der Waals surface area contributed by atoms with E-state index in [2.05, 4.69) is 37.7 Å².